The summed E-state index contributed by atoms with van der Waals surface area (Å²) in [6, 6.07) is 7.82. The van der Waals surface area contributed by atoms with Gasteiger partial charge in [-0.25, -0.2) is 13.8 Å². The predicted molar refractivity (Wildman–Crippen MR) is 117 cm³/mol. The molecule has 0 radical (unpaired) electrons. The molecule has 1 aliphatic carbocycles. The van der Waals surface area contributed by atoms with Crippen molar-refractivity contribution in [3.63, 3.8) is 0 Å². The number of amides is 1. The highest BCUT2D eigenvalue weighted by Crippen LogP contribution is 2.38. The van der Waals surface area contributed by atoms with Crippen LogP contribution in [0.2, 0.25) is 0 Å². The summed E-state index contributed by atoms with van der Waals surface area (Å²) >= 11 is 3.47. The van der Waals surface area contributed by atoms with Gasteiger partial charge in [0, 0.05) is 29.4 Å². The Bertz CT molecular complexity index is 1160. The van der Waals surface area contributed by atoms with Gasteiger partial charge in [0.25, 0.3) is 0 Å². The average molecular weight is 489 g/mol. The van der Waals surface area contributed by atoms with Crippen molar-refractivity contribution in [2.45, 2.75) is 50.1 Å². The molecule has 1 aliphatic heterocycles. The lowest BCUT2D eigenvalue weighted by atomic mass is 9.91. The van der Waals surface area contributed by atoms with Crippen molar-refractivity contribution in [3.8, 4) is 0 Å². The molecule has 5 nitrogen and oxygen atoms in total. The van der Waals surface area contributed by atoms with E-state index in [-0.39, 0.29) is 24.3 Å². The van der Waals surface area contributed by atoms with Crippen LogP contribution in [0.1, 0.15) is 54.6 Å². The number of likely N-dealkylation sites (tertiary alicyclic amines) is 1. The third kappa shape index (κ3) is 3.76. The van der Waals surface area contributed by atoms with Crippen LogP contribution >= 0.6 is 15.9 Å². The van der Waals surface area contributed by atoms with Crippen LogP contribution in [-0.2, 0) is 11.2 Å². The van der Waals surface area contributed by atoms with Gasteiger partial charge in [-0.15, -0.1) is 0 Å². The van der Waals surface area contributed by atoms with Crippen LogP contribution < -0.4 is 5.73 Å². The molecule has 8 heteroatoms. The number of aryl methyl sites for hydroxylation is 1. The molecule has 1 fully saturated rings. The monoisotopic (exact) mass is 488 g/mol. The van der Waals surface area contributed by atoms with Crippen molar-refractivity contribution in [1.29, 1.82) is 0 Å². The zero-order chi connectivity index (χ0) is 21.7. The van der Waals surface area contributed by atoms with Crippen molar-refractivity contribution < 1.29 is 13.6 Å². The largest absolute Gasteiger partial charge is 0.340 e. The van der Waals surface area contributed by atoms with Gasteiger partial charge in [-0.05, 0) is 67.1 Å². The molecule has 2 aromatic carbocycles. The Hall–Kier alpha value is -2.32. The maximum Gasteiger partial charge on any atom is 0.224 e. The summed E-state index contributed by atoms with van der Waals surface area (Å²) in [6.07, 6.45) is 3.28. The number of nitrogens with one attached hydrogen (secondary N) is 1. The number of nitrogens with two attached hydrogens (primary N) is 1. The van der Waals surface area contributed by atoms with Gasteiger partial charge in [-0.1, -0.05) is 15.9 Å². The van der Waals surface area contributed by atoms with Crippen LogP contribution in [0, 0.1) is 11.6 Å². The molecule has 0 spiro atoms. The Labute approximate surface area is 187 Å². The number of rotatable bonds is 4. The summed E-state index contributed by atoms with van der Waals surface area (Å²) < 4.78 is 28.3. The van der Waals surface area contributed by atoms with Gasteiger partial charge in [0.05, 0.1) is 17.1 Å². The predicted octanol–water partition coefficient (Wildman–Crippen LogP) is 4.71. The molecule has 1 aromatic heterocycles. The first-order valence-electron chi connectivity index (χ1n) is 10.6. The number of hydrogen-bond donors (Lipinski definition) is 2. The molecular weight excluding hydrogens is 466 g/mol. The zero-order valence-electron chi connectivity index (χ0n) is 16.9. The van der Waals surface area contributed by atoms with Crippen LogP contribution in [0.5, 0.6) is 0 Å². The first kappa shape index (κ1) is 20.6. The molecule has 0 bridgehead atoms. The first-order chi connectivity index (χ1) is 14.9. The van der Waals surface area contributed by atoms with Gasteiger partial charge in [-0.3, -0.25) is 4.79 Å². The second-order valence-corrected chi connectivity index (χ2v) is 9.42. The number of carbonyl (C=O) groups excluding carboxylic acids is 1. The second-order valence-electron chi connectivity index (χ2n) is 8.51. The fourth-order valence-electron chi connectivity index (χ4n) is 5.05. The van der Waals surface area contributed by atoms with E-state index in [1.807, 2.05) is 23.1 Å². The molecule has 1 saturated heterocycles. The number of H-pyrrole nitrogens is 1. The van der Waals surface area contributed by atoms with Crippen molar-refractivity contribution in [1.82, 2.24) is 14.9 Å². The lowest BCUT2D eigenvalue weighted by molar-refractivity contribution is -0.132. The third-order valence-corrected chi connectivity index (χ3v) is 7.08. The molecule has 31 heavy (non-hydrogen) atoms. The lowest BCUT2D eigenvalue weighted by Gasteiger charge is -2.27. The molecule has 162 valence electrons. The number of halogens is 3. The zero-order valence-corrected chi connectivity index (χ0v) is 18.5. The number of fused-ring (bicyclic) bond motifs is 2. The molecule has 2 aliphatic rings. The smallest absolute Gasteiger partial charge is 0.224 e. The summed E-state index contributed by atoms with van der Waals surface area (Å²) in [4.78, 5) is 23.1. The molecule has 0 saturated carbocycles. The minimum Gasteiger partial charge on any atom is -0.340 e. The second kappa shape index (κ2) is 7.98. The van der Waals surface area contributed by atoms with E-state index in [0.717, 1.165) is 45.3 Å². The highest BCUT2D eigenvalue weighted by Gasteiger charge is 2.35. The van der Waals surface area contributed by atoms with E-state index in [4.69, 9.17) is 10.7 Å². The quantitative estimate of drug-likeness (QED) is 0.558. The van der Waals surface area contributed by atoms with Gasteiger partial charge in [0.15, 0.2) is 11.6 Å². The Morgan fingerprint density at radius 2 is 2.06 bits per heavy atom. The Balaban J connectivity index is 1.32. The van der Waals surface area contributed by atoms with E-state index in [1.165, 1.54) is 12.1 Å². The number of carbonyl (C=O) groups is 1. The number of benzene rings is 2. The molecule has 5 rings (SSSR count). The van der Waals surface area contributed by atoms with Crippen molar-refractivity contribution in [3.05, 3.63) is 63.4 Å². The van der Waals surface area contributed by atoms with Crippen molar-refractivity contribution >= 4 is 32.9 Å². The summed E-state index contributed by atoms with van der Waals surface area (Å²) in [5, 5.41) is 0. The normalized spacial score (nSPS) is 21.6. The average Bonchev–Trinajstić information content (AvgIpc) is 3.45. The highest BCUT2D eigenvalue weighted by atomic mass is 79.9. The van der Waals surface area contributed by atoms with Crippen LogP contribution in [0.3, 0.4) is 0 Å². The van der Waals surface area contributed by atoms with Gasteiger partial charge >= 0.3 is 0 Å². The van der Waals surface area contributed by atoms with Crippen LogP contribution in [-0.4, -0.2) is 33.4 Å². The molecule has 3 N–H and O–H groups in total. The molecule has 3 aromatic rings. The molecule has 2 heterocycles. The van der Waals surface area contributed by atoms with E-state index in [0.29, 0.717) is 19.4 Å². The van der Waals surface area contributed by atoms with Crippen LogP contribution in [0.25, 0.3) is 11.0 Å². The number of aromatic nitrogens is 2. The fraction of sp³-hybridized carbons (Fsp3) is 0.391. The van der Waals surface area contributed by atoms with Crippen molar-refractivity contribution in [2.24, 2.45) is 5.73 Å². The summed E-state index contributed by atoms with van der Waals surface area (Å²) in [6.45, 7) is 0.665. The van der Waals surface area contributed by atoms with E-state index < -0.39 is 17.7 Å². The highest BCUT2D eigenvalue weighted by molar-refractivity contribution is 9.10. The molecule has 3 atom stereocenters. The maximum atomic E-state index is 13.8. The Kier molecular flexibility index (Phi) is 5.30. The van der Waals surface area contributed by atoms with E-state index in [2.05, 4.69) is 20.9 Å². The van der Waals surface area contributed by atoms with Gasteiger partial charge < -0.3 is 15.6 Å². The van der Waals surface area contributed by atoms with Crippen molar-refractivity contribution in [2.75, 3.05) is 6.54 Å². The number of imidazole rings is 1. The maximum absolute atomic E-state index is 13.8. The van der Waals surface area contributed by atoms with Gasteiger partial charge in [-0.2, -0.15) is 0 Å². The third-order valence-electron chi connectivity index (χ3n) is 6.58. The SMILES string of the molecule is N[C@@H](CC(=O)N1CCC[C@H]1c1nc2ccc(Br)cc2[nH]1)[C@H]1CCc2cc(F)c(F)cc21. The summed E-state index contributed by atoms with van der Waals surface area (Å²) in [7, 11) is 0. The van der Waals surface area contributed by atoms with E-state index >= 15 is 0 Å². The standard InChI is InChI=1S/C23H23BrF2N4O/c24-13-4-6-19-20(9-13)29-23(28-19)21-2-1-7-30(21)22(31)11-18(27)14-5-3-12-8-16(25)17(26)10-15(12)14/h4,6,8-10,14,18,21H,1-3,5,7,11,27H2,(H,28,29)/t14-,18-,21-/m0/s1. The van der Waals surface area contributed by atoms with E-state index in [9.17, 15) is 13.6 Å². The Morgan fingerprint density at radius 1 is 1.26 bits per heavy atom. The van der Waals surface area contributed by atoms with E-state index in [1.54, 1.807) is 0 Å². The molecular formula is C23H23BrF2N4O. The van der Waals surface area contributed by atoms with Crippen LogP contribution in [0.4, 0.5) is 8.78 Å². The molecule has 1 amide bonds. The van der Waals surface area contributed by atoms with Crippen LogP contribution in [0.15, 0.2) is 34.8 Å². The lowest BCUT2D eigenvalue weighted by Crippen LogP contribution is -2.38. The minimum absolute atomic E-state index is 0.0207. The minimum atomic E-state index is -0.861. The van der Waals surface area contributed by atoms with Gasteiger partial charge in [0.2, 0.25) is 5.91 Å². The summed E-state index contributed by atoms with van der Waals surface area (Å²) in [5.41, 5.74) is 9.74. The Morgan fingerprint density at radius 3 is 2.90 bits per heavy atom. The first-order valence-corrected chi connectivity index (χ1v) is 11.4. The summed E-state index contributed by atoms with van der Waals surface area (Å²) in [5.74, 6) is -1.07. The number of aromatic amines is 1. The fourth-order valence-corrected chi connectivity index (χ4v) is 5.41. The number of hydrogen-bond acceptors (Lipinski definition) is 3. The molecule has 0 unspecified atom stereocenters. The topological polar surface area (TPSA) is 75.0 Å². The number of nitrogens with zero attached hydrogens (tertiary/aromatic N) is 2. The van der Waals surface area contributed by atoms with Gasteiger partial charge in [0.1, 0.15) is 5.82 Å².